The fourth-order valence-corrected chi connectivity index (χ4v) is 2.41. The number of hydrogen-bond acceptors (Lipinski definition) is 5. The number of carbonyl (C=O) groups excluding carboxylic acids is 2. The highest BCUT2D eigenvalue weighted by Gasteiger charge is 2.18. The minimum absolute atomic E-state index is 0.00281. The van der Waals surface area contributed by atoms with E-state index in [-0.39, 0.29) is 12.4 Å². The van der Waals surface area contributed by atoms with Crippen LogP contribution in [-0.2, 0) is 16.1 Å². The van der Waals surface area contributed by atoms with E-state index in [1.54, 1.807) is 37.3 Å². The number of rotatable bonds is 7. The van der Waals surface area contributed by atoms with Crippen molar-refractivity contribution < 1.29 is 23.8 Å². The summed E-state index contributed by atoms with van der Waals surface area (Å²) in [6, 6.07) is 12.2. The summed E-state index contributed by atoms with van der Waals surface area (Å²) >= 11 is 3.34. The van der Waals surface area contributed by atoms with E-state index in [0.717, 1.165) is 4.47 Å². The van der Waals surface area contributed by atoms with E-state index in [4.69, 9.17) is 14.2 Å². The molecule has 132 valence electrons. The number of halogens is 1. The van der Waals surface area contributed by atoms with E-state index in [1.807, 2.05) is 12.1 Å². The predicted octanol–water partition coefficient (Wildman–Crippen LogP) is 4.17. The summed E-state index contributed by atoms with van der Waals surface area (Å²) < 4.78 is 17.0. The number of Topliss-reactive ketones (excluding diaryl/α,β-unsaturated/α-hetero) is 1. The Morgan fingerprint density at radius 3 is 2.40 bits per heavy atom. The lowest BCUT2D eigenvalue weighted by molar-refractivity contribution is -0.152. The van der Waals surface area contributed by atoms with Crippen LogP contribution in [0.2, 0.25) is 0 Å². The van der Waals surface area contributed by atoms with Gasteiger partial charge in [0.2, 0.25) is 0 Å². The molecule has 0 aliphatic rings. The largest absolute Gasteiger partial charge is 0.496 e. The highest BCUT2D eigenvalue weighted by molar-refractivity contribution is 9.10. The van der Waals surface area contributed by atoms with Crippen molar-refractivity contribution in [2.45, 2.75) is 26.6 Å². The molecule has 0 aliphatic carbocycles. The van der Waals surface area contributed by atoms with Gasteiger partial charge in [-0.15, -0.1) is 0 Å². The first kappa shape index (κ1) is 19.0. The molecule has 5 nitrogen and oxygen atoms in total. The summed E-state index contributed by atoms with van der Waals surface area (Å²) in [6.45, 7) is 3.09. The van der Waals surface area contributed by atoms with E-state index in [1.165, 1.54) is 14.0 Å². The summed E-state index contributed by atoms with van der Waals surface area (Å²) in [4.78, 5) is 23.6. The normalized spacial score (nSPS) is 11.5. The fourth-order valence-electron chi connectivity index (χ4n) is 2.14. The molecule has 2 rings (SSSR count). The third kappa shape index (κ3) is 5.32. The molecule has 0 fully saturated rings. The van der Waals surface area contributed by atoms with Gasteiger partial charge in [-0.2, -0.15) is 0 Å². The van der Waals surface area contributed by atoms with Gasteiger partial charge in [0.05, 0.1) is 7.11 Å². The zero-order valence-electron chi connectivity index (χ0n) is 14.2. The van der Waals surface area contributed by atoms with Crippen molar-refractivity contribution >= 4 is 27.7 Å². The number of esters is 1. The molecule has 25 heavy (non-hydrogen) atoms. The Kier molecular flexibility index (Phi) is 6.58. The van der Waals surface area contributed by atoms with Crippen molar-refractivity contribution in [2.24, 2.45) is 0 Å². The Bertz CT molecular complexity index is 755. The molecule has 0 aromatic heterocycles. The Hall–Kier alpha value is -2.34. The molecule has 1 atom stereocenters. The van der Waals surface area contributed by atoms with Gasteiger partial charge >= 0.3 is 5.97 Å². The molecule has 0 saturated heterocycles. The number of ether oxygens (including phenoxy) is 3. The zero-order chi connectivity index (χ0) is 18.4. The third-order valence-corrected chi connectivity index (χ3v) is 4.04. The maximum Gasteiger partial charge on any atom is 0.347 e. The van der Waals surface area contributed by atoms with Gasteiger partial charge in [0.25, 0.3) is 0 Å². The molecule has 2 aromatic rings. The van der Waals surface area contributed by atoms with Crippen LogP contribution in [0.1, 0.15) is 29.8 Å². The zero-order valence-corrected chi connectivity index (χ0v) is 15.8. The monoisotopic (exact) mass is 406 g/mol. The summed E-state index contributed by atoms with van der Waals surface area (Å²) in [5, 5.41) is 0. The lowest BCUT2D eigenvalue weighted by Crippen LogP contribution is -2.26. The molecule has 0 radical (unpaired) electrons. The maximum atomic E-state index is 12.1. The minimum Gasteiger partial charge on any atom is -0.496 e. The van der Waals surface area contributed by atoms with Crippen molar-refractivity contribution in [1.82, 2.24) is 0 Å². The number of methoxy groups -OCH3 is 1. The van der Waals surface area contributed by atoms with E-state index >= 15 is 0 Å². The fraction of sp³-hybridized carbons (Fsp3) is 0.263. The summed E-state index contributed by atoms with van der Waals surface area (Å²) in [5.74, 6) is 0.559. The molecule has 0 saturated carbocycles. The lowest BCUT2D eigenvalue weighted by atomic mass is 10.1. The molecule has 0 bridgehead atoms. The molecule has 0 aliphatic heterocycles. The van der Waals surface area contributed by atoms with Crippen molar-refractivity contribution in [1.29, 1.82) is 0 Å². The van der Waals surface area contributed by atoms with Crippen molar-refractivity contribution in [3.8, 4) is 11.5 Å². The van der Waals surface area contributed by atoms with Gasteiger partial charge in [0.15, 0.2) is 11.9 Å². The number of ketones is 1. The van der Waals surface area contributed by atoms with Gasteiger partial charge in [-0.05, 0) is 56.3 Å². The second-order valence-electron chi connectivity index (χ2n) is 5.40. The quantitative estimate of drug-likeness (QED) is 0.509. The van der Waals surface area contributed by atoms with Crippen LogP contribution in [0.5, 0.6) is 11.5 Å². The van der Waals surface area contributed by atoms with Gasteiger partial charge < -0.3 is 14.2 Å². The minimum atomic E-state index is -0.761. The highest BCUT2D eigenvalue weighted by atomic mass is 79.9. The van der Waals surface area contributed by atoms with Crippen LogP contribution >= 0.6 is 15.9 Å². The van der Waals surface area contributed by atoms with E-state index in [2.05, 4.69) is 15.9 Å². The number of carbonyl (C=O) groups is 2. The van der Waals surface area contributed by atoms with Crippen molar-refractivity contribution in [2.75, 3.05) is 7.11 Å². The average molecular weight is 407 g/mol. The molecule has 6 heteroatoms. The van der Waals surface area contributed by atoms with Crippen LogP contribution < -0.4 is 9.47 Å². The Morgan fingerprint density at radius 2 is 1.80 bits per heavy atom. The standard InChI is InChI=1S/C19H19BrO5/c1-12(21)14-4-9-18(23-3)15(10-14)11-24-19(22)13(2)25-17-7-5-16(20)6-8-17/h4-10,13H,11H2,1-3H3/t13-/m0/s1. The van der Waals surface area contributed by atoms with Crippen LogP contribution in [0.25, 0.3) is 0 Å². The molecule has 0 heterocycles. The molecular weight excluding hydrogens is 388 g/mol. The maximum absolute atomic E-state index is 12.1. The van der Waals surface area contributed by atoms with Gasteiger partial charge in [-0.25, -0.2) is 4.79 Å². The summed E-state index contributed by atoms with van der Waals surface area (Å²) in [7, 11) is 1.52. The first-order chi connectivity index (χ1) is 11.9. The van der Waals surface area contributed by atoms with E-state index in [0.29, 0.717) is 22.6 Å². The smallest absolute Gasteiger partial charge is 0.347 e. The molecule has 0 spiro atoms. The van der Waals surface area contributed by atoms with Crippen LogP contribution in [0.4, 0.5) is 0 Å². The van der Waals surface area contributed by atoms with Gasteiger partial charge in [-0.3, -0.25) is 4.79 Å². The Labute approximate surface area is 155 Å². The van der Waals surface area contributed by atoms with Crippen LogP contribution in [-0.4, -0.2) is 25.0 Å². The van der Waals surface area contributed by atoms with Crippen molar-refractivity contribution in [3.05, 3.63) is 58.1 Å². The topological polar surface area (TPSA) is 61.8 Å². The number of hydrogen-bond donors (Lipinski definition) is 0. The number of benzene rings is 2. The molecular formula is C19H19BrO5. The van der Waals surface area contributed by atoms with Crippen molar-refractivity contribution in [3.63, 3.8) is 0 Å². The highest BCUT2D eigenvalue weighted by Crippen LogP contribution is 2.22. The van der Waals surface area contributed by atoms with Crippen LogP contribution in [0.15, 0.2) is 46.9 Å². The van der Waals surface area contributed by atoms with Crippen LogP contribution in [0, 0.1) is 0 Å². The summed E-state index contributed by atoms with van der Waals surface area (Å²) in [5.41, 5.74) is 1.16. The van der Waals surface area contributed by atoms with E-state index in [9.17, 15) is 9.59 Å². The molecule has 2 aromatic carbocycles. The molecule has 0 amide bonds. The lowest BCUT2D eigenvalue weighted by Gasteiger charge is -2.15. The van der Waals surface area contributed by atoms with Crippen LogP contribution in [0.3, 0.4) is 0 Å². The second kappa shape index (κ2) is 8.67. The Balaban J connectivity index is 2.00. The first-order valence-electron chi connectivity index (χ1n) is 7.67. The van der Waals surface area contributed by atoms with Gasteiger partial charge in [0, 0.05) is 15.6 Å². The predicted molar refractivity (Wildman–Crippen MR) is 97.0 cm³/mol. The van der Waals surface area contributed by atoms with Gasteiger partial charge in [0.1, 0.15) is 18.1 Å². The second-order valence-corrected chi connectivity index (χ2v) is 6.32. The van der Waals surface area contributed by atoms with Gasteiger partial charge in [-0.1, -0.05) is 15.9 Å². The molecule has 0 unspecified atom stereocenters. The third-order valence-electron chi connectivity index (χ3n) is 3.52. The summed E-state index contributed by atoms with van der Waals surface area (Å²) in [6.07, 6.45) is -0.761. The Morgan fingerprint density at radius 1 is 1.12 bits per heavy atom. The van der Waals surface area contributed by atoms with E-state index < -0.39 is 12.1 Å². The SMILES string of the molecule is COc1ccc(C(C)=O)cc1COC(=O)[C@H](C)Oc1ccc(Br)cc1. The average Bonchev–Trinajstić information content (AvgIpc) is 2.61. The first-order valence-corrected chi connectivity index (χ1v) is 8.46. The molecule has 0 N–H and O–H groups in total.